The molecule has 0 aromatic carbocycles. The smallest absolute Gasteiger partial charge is 0.164 e. The molecule has 0 bridgehead atoms. The van der Waals surface area contributed by atoms with Crippen molar-refractivity contribution in [3.63, 3.8) is 0 Å². The number of unbranched alkanes of at least 4 members (excludes halogenated alkanes) is 1. The van der Waals surface area contributed by atoms with E-state index in [0.29, 0.717) is 25.2 Å². The van der Waals surface area contributed by atoms with Crippen LogP contribution >= 0.6 is 0 Å². The van der Waals surface area contributed by atoms with E-state index in [4.69, 9.17) is 0 Å². The van der Waals surface area contributed by atoms with Gasteiger partial charge in [0.2, 0.25) is 0 Å². The normalized spacial score (nSPS) is 21.3. The molecule has 0 heterocycles. The first-order chi connectivity index (χ1) is 8.62. The molecule has 0 aliphatic heterocycles. The van der Waals surface area contributed by atoms with Crippen LogP contribution in [0.4, 0.5) is 0 Å². The summed E-state index contributed by atoms with van der Waals surface area (Å²) in [5, 5.41) is 10.5. The highest BCUT2D eigenvalue weighted by Gasteiger charge is 2.36. The molecule has 2 nitrogen and oxygen atoms in total. The van der Waals surface area contributed by atoms with Gasteiger partial charge in [-0.05, 0) is 18.8 Å². The van der Waals surface area contributed by atoms with Gasteiger partial charge >= 0.3 is 0 Å². The van der Waals surface area contributed by atoms with Crippen molar-refractivity contribution in [2.24, 2.45) is 5.92 Å². The molecule has 0 aromatic rings. The summed E-state index contributed by atoms with van der Waals surface area (Å²) in [6, 6.07) is 0. The highest BCUT2D eigenvalue weighted by atomic mass is 16.3. The Kier molecular flexibility index (Phi) is 6.91. The minimum atomic E-state index is -0.990. The first kappa shape index (κ1) is 15.7. The molecular weight excluding hydrogens is 224 g/mol. The predicted octanol–water partition coefficient (Wildman–Crippen LogP) is 4.25. The Bertz CT molecular complexity index is 239. The van der Waals surface area contributed by atoms with Crippen molar-refractivity contribution in [3.8, 4) is 0 Å². The number of Topliss-reactive ketones (excluding diaryl/α,β-unsaturated/α-hetero) is 1. The van der Waals surface area contributed by atoms with Crippen molar-refractivity contribution in [1.29, 1.82) is 0 Å². The number of hydrogen-bond acceptors (Lipinski definition) is 2. The van der Waals surface area contributed by atoms with Gasteiger partial charge in [-0.2, -0.15) is 0 Å². The van der Waals surface area contributed by atoms with E-state index in [1.54, 1.807) is 0 Å². The molecule has 1 aliphatic carbocycles. The summed E-state index contributed by atoms with van der Waals surface area (Å²) in [6.07, 6.45) is 10.9. The minimum absolute atomic E-state index is 0.118. The summed E-state index contributed by atoms with van der Waals surface area (Å²) in [6.45, 7) is 4.35. The lowest BCUT2D eigenvalue weighted by molar-refractivity contribution is -0.139. The lowest BCUT2D eigenvalue weighted by Crippen LogP contribution is -2.39. The van der Waals surface area contributed by atoms with E-state index in [0.717, 1.165) is 25.7 Å². The minimum Gasteiger partial charge on any atom is -0.382 e. The van der Waals surface area contributed by atoms with Crippen LogP contribution in [0.15, 0.2) is 0 Å². The molecule has 0 amide bonds. The van der Waals surface area contributed by atoms with E-state index in [1.165, 1.54) is 25.7 Å². The summed E-state index contributed by atoms with van der Waals surface area (Å²) in [5.41, 5.74) is -0.990. The Morgan fingerprint density at radius 1 is 1.17 bits per heavy atom. The summed E-state index contributed by atoms with van der Waals surface area (Å²) >= 11 is 0. The molecule has 1 unspecified atom stereocenters. The summed E-state index contributed by atoms with van der Waals surface area (Å²) < 4.78 is 0. The highest BCUT2D eigenvalue weighted by molar-refractivity contribution is 5.87. The lowest BCUT2D eigenvalue weighted by Gasteiger charge is -2.27. The third-order valence-electron chi connectivity index (χ3n) is 4.47. The average molecular weight is 254 g/mol. The maximum Gasteiger partial charge on any atom is 0.164 e. The van der Waals surface area contributed by atoms with E-state index in [1.807, 2.05) is 0 Å². The molecule has 1 fully saturated rings. The van der Waals surface area contributed by atoms with E-state index < -0.39 is 5.60 Å². The standard InChI is InChI=1S/C16H30O2/c1-3-5-10-14(4-2)13-15(17)16(18)11-8-6-7-9-12-16/h14,18H,3-13H2,1-2H3. The molecule has 1 atom stereocenters. The van der Waals surface area contributed by atoms with E-state index in [-0.39, 0.29) is 5.78 Å². The zero-order chi connectivity index (χ0) is 13.4. The third kappa shape index (κ3) is 4.72. The number of ketones is 1. The molecule has 1 N–H and O–H groups in total. The van der Waals surface area contributed by atoms with Crippen molar-refractivity contribution >= 4 is 5.78 Å². The summed E-state index contributed by atoms with van der Waals surface area (Å²) in [7, 11) is 0. The van der Waals surface area contributed by atoms with Crippen molar-refractivity contribution in [2.45, 2.75) is 90.1 Å². The third-order valence-corrected chi connectivity index (χ3v) is 4.47. The fourth-order valence-corrected chi connectivity index (χ4v) is 2.99. The van der Waals surface area contributed by atoms with Gasteiger partial charge in [0.05, 0.1) is 0 Å². The maximum absolute atomic E-state index is 12.4. The second-order valence-electron chi connectivity index (χ2n) is 5.99. The van der Waals surface area contributed by atoms with Gasteiger partial charge in [-0.1, -0.05) is 65.2 Å². The van der Waals surface area contributed by atoms with Gasteiger partial charge in [0.1, 0.15) is 5.60 Å². The first-order valence-electron chi connectivity index (χ1n) is 7.88. The monoisotopic (exact) mass is 254 g/mol. The van der Waals surface area contributed by atoms with E-state index >= 15 is 0 Å². The Morgan fingerprint density at radius 3 is 2.28 bits per heavy atom. The second-order valence-corrected chi connectivity index (χ2v) is 5.99. The number of hydrogen-bond donors (Lipinski definition) is 1. The molecule has 0 radical (unpaired) electrons. The molecule has 0 aromatic heterocycles. The van der Waals surface area contributed by atoms with Crippen molar-refractivity contribution in [1.82, 2.24) is 0 Å². The maximum atomic E-state index is 12.4. The van der Waals surface area contributed by atoms with Crippen molar-refractivity contribution in [3.05, 3.63) is 0 Å². The van der Waals surface area contributed by atoms with Crippen molar-refractivity contribution < 1.29 is 9.90 Å². The Morgan fingerprint density at radius 2 is 1.78 bits per heavy atom. The molecule has 1 rings (SSSR count). The molecule has 0 saturated heterocycles. The zero-order valence-corrected chi connectivity index (χ0v) is 12.2. The van der Waals surface area contributed by atoms with Crippen LogP contribution in [-0.4, -0.2) is 16.5 Å². The van der Waals surface area contributed by atoms with Gasteiger partial charge < -0.3 is 5.11 Å². The Balaban J connectivity index is 2.50. The van der Waals surface area contributed by atoms with Crippen LogP contribution in [0.2, 0.25) is 0 Å². The highest BCUT2D eigenvalue weighted by Crippen LogP contribution is 2.31. The van der Waals surface area contributed by atoms with Gasteiger partial charge in [-0.25, -0.2) is 0 Å². The van der Waals surface area contributed by atoms with Crippen LogP contribution in [0.1, 0.15) is 84.5 Å². The zero-order valence-electron chi connectivity index (χ0n) is 12.2. The fraction of sp³-hybridized carbons (Fsp3) is 0.938. The number of aliphatic hydroxyl groups is 1. The molecule has 1 saturated carbocycles. The van der Waals surface area contributed by atoms with Crippen LogP contribution in [0, 0.1) is 5.92 Å². The van der Waals surface area contributed by atoms with Crippen LogP contribution in [0.5, 0.6) is 0 Å². The average Bonchev–Trinajstić information content (AvgIpc) is 2.60. The molecular formula is C16H30O2. The Hall–Kier alpha value is -0.370. The first-order valence-corrected chi connectivity index (χ1v) is 7.88. The van der Waals surface area contributed by atoms with Crippen molar-refractivity contribution in [2.75, 3.05) is 0 Å². The molecule has 0 spiro atoms. The van der Waals surface area contributed by atoms with Gasteiger partial charge in [0.15, 0.2) is 5.78 Å². The van der Waals surface area contributed by atoms with Gasteiger partial charge in [0, 0.05) is 6.42 Å². The Labute approximate surface area is 112 Å². The number of rotatable bonds is 7. The van der Waals surface area contributed by atoms with Gasteiger partial charge in [-0.15, -0.1) is 0 Å². The van der Waals surface area contributed by atoms with Crippen LogP contribution in [-0.2, 0) is 4.79 Å². The van der Waals surface area contributed by atoms with Gasteiger partial charge in [0.25, 0.3) is 0 Å². The fourth-order valence-electron chi connectivity index (χ4n) is 2.99. The molecule has 106 valence electrons. The van der Waals surface area contributed by atoms with Crippen LogP contribution in [0.3, 0.4) is 0 Å². The quantitative estimate of drug-likeness (QED) is 0.690. The summed E-state index contributed by atoms with van der Waals surface area (Å²) in [4.78, 5) is 12.4. The van der Waals surface area contributed by atoms with Crippen LogP contribution in [0.25, 0.3) is 0 Å². The largest absolute Gasteiger partial charge is 0.382 e. The van der Waals surface area contributed by atoms with E-state index in [9.17, 15) is 9.90 Å². The molecule has 2 heteroatoms. The topological polar surface area (TPSA) is 37.3 Å². The molecule has 1 aliphatic rings. The molecule has 18 heavy (non-hydrogen) atoms. The predicted molar refractivity (Wildman–Crippen MR) is 75.6 cm³/mol. The number of carbonyl (C=O) groups is 1. The summed E-state index contributed by atoms with van der Waals surface area (Å²) in [5.74, 6) is 0.595. The lowest BCUT2D eigenvalue weighted by atomic mass is 9.83. The number of carbonyl (C=O) groups excluding carboxylic acids is 1. The van der Waals surface area contributed by atoms with Gasteiger partial charge in [-0.3, -0.25) is 4.79 Å². The van der Waals surface area contributed by atoms with Crippen LogP contribution < -0.4 is 0 Å². The van der Waals surface area contributed by atoms with E-state index in [2.05, 4.69) is 13.8 Å². The second kappa shape index (κ2) is 7.93. The SMILES string of the molecule is CCCCC(CC)CC(=O)C1(O)CCCCCC1.